The van der Waals surface area contributed by atoms with Crippen molar-refractivity contribution in [3.05, 3.63) is 72.2 Å². The molecular weight excluding hydrogens is 344 g/mol. The SMILES string of the molecule is COc1ccc(C(=O)Nc2ccc(NCc3cccnc3)cn2)cc1OC. The molecule has 7 nitrogen and oxygen atoms in total. The molecule has 0 saturated heterocycles. The number of aromatic nitrogens is 2. The predicted molar refractivity (Wildman–Crippen MR) is 103 cm³/mol. The molecule has 2 N–H and O–H groups in total. The number of anilines is 2. The van der Waals surface area contributed by atoms with E-state index in [9.17, 15) is 4.79 Å². The lowest BCUT2D eigenvalue weighted by Crippen LogP contribution is -2.13. The van der Waals surface area contributed by atoms with E-state index in [1.165, 1.54) is 7.11 Å². The molecular formula is C20H20N4O3. The summed E-state index contributed by atoms with van der Waals surface area (Å²) >= 11 is 0. The number of nitrogens with zero attached hydrogens (tertiary/aromatic N) is 2. The summed E-state index contributed by atoms with van der Waals surface area (Å²) in [5.41, 5.74) is 2.37. The Morgan fingerprint density at radius 1 is 1.04 bits per heavy atom. The molecule has 2 aromatic heterocycles. The second-order valence-electron chi connectivity index (χ2n) is 5.67. The summed E-state index contributed by atoms with van der Waals surface area (Å²) in [6, 6.07) is 12.5. The van der Waals surface area contributed by atoms with Crippen LogP contribution in [0.5, 0.6) is 11.5 Å². The first-order valence-electron chi connectivity index (χ1n) is 8.32. The molecule has 0 saturated carbocycles. The third-order valence-electron chi connectivity index (χ3n) is 3.87. The highest BCUT2D eigenvalue weighted by atomic mass is 16.5. The van der Waals surface area contributed by atoms with E-state index in [1.807, 2.05) is 18.2 Å². The zero-order chi connectivity index (χ0) is 19.1. The van der Waals surface area contributed by atoms with Crippen molar-refractivity contribution in [1.29, 1.82) is 0 Å². The smallest absolute Gasteiger partial charge is 0.256 e. The van der Waals surface area contributed by atoms with Gasteiger partial charge in [-0.25, -0.2) is 4.98 Å². The standard InChI is InChI=1S/C20H20N4O3/c1-26-17-7-5-15(10-18(17)27-2)20(25)24-19-8-6-16(13-23-19)22-12-14-4-3-9-21-11-14/h3-11,13,22H,12H2,1-2H3,(H,23,24,25). The first-order valence-corrected chi connectivity index (χ1v) is 8.32. The van der Waals surface area contributed by atoms with Crippen molar-refractivity contribution >= 4 is 17.4 Å². The number of nitrogens with one attached hydrogen (secondary N) is 2. The molecule has 3 aromatic rings. The number of benzene rings is 1. The van der Waals surface area contributed by atoms with Crippen LogP contribution in [-0.4, -0.2) is 30.1 Å². The summed E-state index contributed by atoms with van der Waals surface area (Å²) < 4.78 is 10.4. The minimum Gasteiger partial charge on any atom is -0.493 e. The Hall–Kier alpha value is -3.61. The monoisotopic (exact) mass is 364 g/mol. The maximum Gasteiger partial charge on any atom is 0.256 e. The molecule has 27 heavy (non-hydrogen) atoms. The first kappa shape index (κ1) is 18.2. The van der Waals surface area contributed by atoms with Crippen LogP contribution >= 0.6 is 0 Å². The van der Waals surface area contributed by atoms with E-state index in [-0.39, 0.29) is 5.91 Å². The van der Waals surface area contributed by atoms with Crippen molar-refractivity contribution in [1.82, 2.24) is 9.97 Å². The number of methoxy groups -OCH3 is 2. The summed E-state index contributed by atoms with van der Waals surface area (Å²) in [5.74, 6) is 1.24. The zero-order valence-corrected chi connectivity index (χ0v) is 15.1. The van der Waals surface area contributed by atoms with Crippen LogP contribution in [-0.2, 0) is 6.54 Å². The molecule has 0 aliphatic heterocycles. The number of amides is 1. The Morgan fingerprint density at radius 3 is 2.56 bits per heavy atom. The fourth-order valence-corrected chi connectivity index (χ4v) is 2.45. The molecule has 7 heteroatoms. The number of hydrogen-bond acceptors (Lipinski definition) is 6. The van der Waals surface area contributed by atoms with Gasteiger partial charge in [-0.15, -0.1) is 0 Å². The highest BCUT2D eigenvalue weighted by molar-refractivity contribution is 6.04. The van der Waals surface area contributed by atoms with Gasteiger partial charge in [0.2, 0.25) is 0 Å². The van der Waals surface area contributed by atoms with Crippen LogP contribution in [0.15, 0.2) is 61.1 Å². The fourth-order valence-electron chi connectivity index (χ4n) is 2.45. The molecule has 0 unspecified atom stereocenters. The maximum absolute atomic E-state index is 12.4. The van der Waals surface area contributed by atoms with Gasteiger partial charge in [0.1, 0.15) is 5.82 Å². The number of ether oxygens (including phenoxy) is 2. The van der Waals surface area contributed by atoms with Crippen LogP contribution in [0.1, 0.15) is 15.9 Å². The third-order valence-corrected chi connectivity index (χ3v) is 3.87. The van der Waals surface area contributed by atoms with E-state index < -0.39 is 0 Å². The summed E-state index contributed by atoms with van der Waals surface area (Å²) in [4.78, 5) is 20.8. The Kier molecular flexibility index (Phi) is 5.84. The lowest BCUT2D eigenvalue weighted by Gasteiger charge is -2.10. The molecule has 0 spiro atoms. The highest BCUT2D eigenvalue weighted by Crippen LogP contribution is 2.27. The van der Waals surface area contributed by atoms with Crippen LogP contribution in [0.25, 0.3) is 0 Å². The average molecular weight is 364 g/mol. The number of carbonyl (C=O) groups is 1. The van der Waals surface area contributed by atoms with Gasteiger partial charge in [0.25, 0.3) is 5.91 Å². The van der Waals surface area contributed by atoms with E-state index in [2.05, 4.69) is 20.6 Å². The van der Waals surface area contributed by atoms with E-state index in [0.717, 1.165) is 11.3 Å². The van der Waals surface area contributed by atoms with Gasteiger partial charge in [-0.3, -0.25) is 9.78 Å². The van der Waals surface area contributed by atoms with Crippen molar-refractivity contribution in [2.75, 3.05) is 24.9 Å². The molecule has 138 valence electrons. The molecule has 0 fully saturated rings. The van der Waals surface area contributed by atoms with Gasteiger partial charge in [-0.05, 0) is 42.0 Å². The summed E-state index contributed by atoms with van der Waals surface area (Å²) in [5, 5.41) is 6.02. The topological polar surface area (TPSA) is 85.4 Å². The molecule has 0 atom stereocenters. The van der Waals surface area contributed by atoms with E-state index in [0.29, 0.717) is 29.4 Å². The maximum atomic E-state index is 12.4. The van der Waals surface area contributed by atoms with Gasteiger partial charge in [-0.2, -0.15) is 0 Å². The van der Waals surface area contributed by atoms with Crippen molar-refractivity contribution in [3.63, 3.8) is 0 Å². The van der Waals surface area contributed by atoms with Gasteiger partial charge in [-0.1, -0.05) is 6.07 Å². The molecule has 1 aromatic carbocycles. The molecule has 0 aliphatic rings. The Labute approximate surface area is 157 Å². The number of pyridine rings is 2. The molecule has 0 bridgehead atoms. The average Bonchev–Trinajstić information content (AvgIpc) is 2.73. The van der Waals surface area contributed by atoms with E-state index >= 15 is 0 Å². The van der Waals surface area contributed by atoms with Gasteiger partial charge >= 0.3 is 0 Å². The normalized spacial score (nSPS) is 10.1. The fraction of sp³-hybridized carbons (Fsp3) is 0.150. The quantitative estimate of drug-likeness (QED) is 0.669. The predicted octanol–water partition coefficient (Wildman–Crippen LogP) is 3.36. The third kappa shape index (κ3) is 4.72. The lowest BCUT2D eigenvalue weighted by molar-refractivity contribution is 0.102. The minimum absolute atomic E-state index is 0.278. The first-order chi connectivity index (χ1) is 13.2. The van der Waals surface area contributed by atoms with Crippen LogP contribution in [0, 0.1) is 0 Å². The second-order valence-corrected chi connectivity index (χ2v) is 5.67. The van der Waals surface area contributed by atoms with Gasteiger partial charge in [0, 0.05) is 24.5 Å². The van der Waals surface area contributed by atoms with Gasteiger partial charge < -0.3 is 20.1 Å². The minimum atomic E-state index is -0.278. The number of carbonyl (C=O) groups excluding carboxylic acids is 1. The van der Waals surface area contributed by atoms with Gasteiger partial charge in [0.15, 0.2) is 11.5 Å². The zero-order valence-electron chi connectivity index (χ0n) is 15.1. The van der Waals surface area contributed by atoms with Crippen LogP contribution in [0.2, 0.25) is 0 Å². The Morgan fingerprint density at radius 2 is 1.89 bits per heavy atom. The van der Waals surface area contributed by atoms with E-state index in [1.54, 1.807) is 50.0 Å². The molecule has 0 aliphatic carbocycles. The Bertz CT molecular complexity index is 899. The largest absolute Gasteiger partial charge is 0.493 e. The van der Waals surface area contributed by atoms with Crippen molar-refractivity contribution in [3.8, 4) is 11.5 Å². The Balaban J connectivity index is 1.61. The summed E-state index contributed by atoms with van der Waals surface area (Å²) in [6.45, 7) is 0.646. The summed E-state index contributed by atoms with van der Waals surface area (Å²) in [6.07, 6.45) is 5.21. The van der Waals surface area contributed by atoms with Crippen LogP contribution in [0.4, 0.5) is 11.5 Å². The van der Waals surface area contributed by atoms with E-state index in [4.69, 9.17) is 9.47 Å². The molecule has 3 rings (SSSR count). The van der Waals surface area contributed by atoms with Crippen molar-refractivity contribution < 1.29 is 14.3 Å². The molecule has 0 radical (unpaired) electrons. The molecule has 2 heterocycles. The number of hydrogen-bond donors (Lipinski definition) is 2. The number of rotatable bonds is 7. The molecule has 1 amide bonds. The van der Waals surface area contributed by atoms with Gasteiger partial charge in [0.05, 0.1) is 26.1 Å². The van der Waals surface area contributed by atoms with Crippen molar-refractivity contribution in [2.24, 2.45) is 0 Å². The second kappa shape index (κ2) is 8.66. The summed E-state index contributed by atoms with van der Waals surface area (Å²) in [7, 11) is 3.07. The van der Waals surface area contributed by atoms with Crippen LogP contribution in [0.3, 0.4) is 0 Å². The van der Waals surface area contributed by atoms with Crippen molar-refractivity contribution in [2.45, 2.75) is 6.54 Å². The van der Waals surface area contributed by atoms with Crippen LogP contribution < -0.4 is 20.1 Å². The highest BCUT2D eigenvalue weighted by Gasteiger charge is 2.11. The lowest BCUT2D eigenvalue weighted by atomic mass is 10.2.